The summed E-state index contributed by atoms with van der Waals surface area (Å²) in [4.78, 5) is 0. The van der Waals surface area contributed by atoms with Crippen molar-refractivity contribution in [1.82, 2.24) is 0 Å². The Morgan fingerprint density at radius 1 is 1.78 bits per heavy atom. The summed E-state index contributed by atoms with van der Waals surface area (Å²) in [5.74, 6) is 0. The molecule has 9 heavy (non-hydrogen) atoms. The van der Waals surface area contributed by atoms with Gasteiger partial charge >= 0.3 is 0 Å². The van der Waals surface area contributed by atoms with Crippen molar-refractivity contribution in [2.45, 2.75) is 25.0 Å². The van der Waals surface area contributed by atoms with Crippen LogP contribution in [-0.2, 0) is 4.74 Å². The van der Waals surface area contributed by atoms with Gasteiger partial charge in [0, 0.05) is 6.61 Å². The fraction of sp³-hybridized carbons (Fsp3) is 1.00. The molecule has 1 fully saturated rings. The first-order valence-corrected chi connectivity index (χ1v) is 3.20. The van der Waals surface area contributed by atoms with Crippen molar-refractivity contribution in [2.75, 3.05) is 13.3 Å². The van der Waals surface area contributed by atoms with E-state index in [0.29, 0.717) is 6.61 Å². The largest absolute Gasteiger partial charge is 0.388 e. The number of rotatable bonds is 2. The van der Waals surface area contributed by atoms with Crippen LogP contribution in [-0.4, -0.2) is 30.6 Å². The number of aliphatic hydroxyl groups excluding tert-OH is 1. The molecule has 1 N–H and O–H groups in total. The van der Waals surface area contributed by atoms with Crippen LogP contribution in [0.25, 0.3) is 0 Å². The van der Waals surface area contributed by atoms with Crippen LogP contribution in [0.4, 0.5) is 4.39 Å². The zero-order valence-electron chi connectivity index (χ0n) is 5.22. The number of halogens is 1. The van der Waals surface area contributed by atoms with Crippen LogP contribution in [0.2, 0.25) is 0 Å². The summed E-state index contributed by atoms with van der Waals surface area (Å²) in [6, 6.07) is 0. The number of aliphatic hydroxyl groups is 1. The second-order valence-electron chi connectivity index (χ2n) is 2.27. The molecule has 0 saturated carbocycles. The molecule has 2 nitrogen and oxygen atoms in total. The van der Waals surface area contributed by atoms with E-state index in [1.54, 1.807) is 0 Å². The smallest absolute Gasteiger partial charge is 0.118 e. The van der Waals surface area contributed by atoms with Gasteiger partial charge in [0.15, 0.2) is 0 Å². The lowest BCUT2D eigenvalue weighted by Gasteiger charge is -2.12. The molecule has 0 spiro atoms. The van der Waals surface area contributed by atoms with Gasteiger partial charge in [0.05, 0.1) is 6.10 Å². The van der Waals surface area contributed by atoms with Gasteiger partial charge in [-0.05, 0) is 12.8 Å². The second kappa shape index (κ2) is 3.13. The molecule has 0 bridgehead atoms. The van der Waals surface area contributed by atoms with E-state index in [9.17, 15) is 4.39 Å². The minimum absolute atomic E-state index is 0.241. The summed E-state index contributed by atoms with van der Waals surface area (Å²) in [6.07, 6.45) is 0.606. The van der Waals surface area contributed by atoms with Gasteiger partial charge in [-0.15, -0.1) is 0 Å². The van der Waals surface area contributed by atoms with Crippen molar-refractivity contribution in [3.63, 3.8) is 0 Å². The fourth-order valence-electron chi connectivity index (χ4n) is 1.01. The third kappa shape index (κ3) is 1.63. The van der Waals surface area contributed by atoms with Crippen LogP contribution in [0.15, 0.2) is 0 Å². The molecule has 3 heteroatoms. The Labute approximate surface area is 53.6 Å². The van der Waals surface area contributed by atoms with Crippen LogP contribution in [0.3, 0.4) is 0 Å². The monoisotopic (exact) mass is 134 g/mol. The van der Waals surface area contributed by atoms with Gasteiger partial charge in [0.2, 0.25) is 0 Å². The lowest BCUT2D eigenvalue weighted by Crippen LogP contribution is -2.26. The van der Waals surface area contributed by atoms with Crippen molar-refractivity contribution < 1.29 is 14.2 Å². The maximum absolute atomic E-state index is 11.7. The third-order valence-electron chi connectivity index (χ3n) is 1.55. The standard InChI is InChI=1S/C6H11FO2/c7-4-5(8)6-2-1-3-9-6/h5-6,8H,1-4H2/t5?,6-/m0/s1. The SMILES string of the molecule is OC(CF)[C@@H]1CCCO1. The summed E-state index contributed by atoms with van der Waals surface area (Å²) >= 11 is 0. The summed E-state index contributed by atoms with van der Waals surface area (Å²) < 4.78 is 16.7. The molecule has 1 unspecified atom stereocenters. The van der Waals surface area contributed by atoms with Gasteiger partial charge < -0.3 is 9.84 Å². The number of alkyl halides is 1. The van der Waals surface area contributed by atoms with Gasteiger partial charge in [0.25, 0.3) is 0 Å². The first kappa shape index (κ1) is 6.96. The average Bonchev–Trinajstić information content (AvgIpc) is 2.37. The van der Waals surface area contributed by atoms with E-state index in [0.717, 1.165) is 12.8 Å². The molecular weight excluding hydrogens is 123 g/mol. The third-order valence-corrected chi connectivity index (χ3v) is 1.55. The van der Waals surface area contributed by atoms with E-state index in [1.165, 1.54) is 0 Å². The Bertz CT molecular complexity index is 81.1. The van der Waals surface area contributed by atoms with E-state index in [1.807, 2.05) is 0 Å². The van der Waals surface area contributed by atoms with Gasteiger partial charge in [-0.2, -0.15) is 0 Å². The Kier molecular flexibility index (Phi) is 2.42. The highest BCUT2D eigenvalue weighted by atomic mass is 19.1. The van der Waals surface area contributed by atoms with E-state index in [-0.39, 0.29) is 6.10 Å². The van der Waals surface area contributed by atoms with Crippen molar-refractivity contribution >= 4 is 0 Å². The van der Waals surface area contributed by atoms with Crippen molar-refractivity contribution in [3.8, 4) is 0 Å². The topological polar surface area (TPSA) is 29.5 Å². The van der Waals surface area contributed by atoms with Crippen LogP contribution < -0.4 is 0 Å². The molecule has 0 amide bonds. The van der Waals surface area contributed by atoms with Crippen molar-refractivity contribution in [2.24, 2.45) is 0 Å². The normalized spacial score (nSPS) is 30.7. The molecule has 0 aromatic rings. The molecule has 1 aliphatic heterocycles. The second-order valence-corrected chi connectivity index (χ2v) is 2.27. The molecule has 1 aliphatic rings. The zero-order valence-corrected chi connectivity index (χ0v) is 5.22. The number of ether oxygens (including phenoxy) is 1. The quantitative estimate of drug-likeness (QED) is 0.595. The average molecular weight is 134 g/mol. The highest BCUT2D eigenvalue weighted by molar-refractivity contribution is 4.72. The fourth-order valence-corrected chi connectivity index (χ4v) is 1.01. The summed E-state index contributed by atoms with van der Waals surface area (Å²) in [6.45, 7) is -0.0214. The molecule has 0 aromatic heterocycles. The van der Waals surface area contributed by atoms with E-state index >= 15 is 0 Å². The molecule has 54 valence electrons. The Balaban J connectivity index is 2.24. The molecule has 2 atom stereocenters. The van der Waals surface area contributed by atoms with Crippen LogP contribution in [0.5, 0.6) is 0 Å². The molecule has 0 aromatic carbocycles. The lowest BCUT2D eigenvalue weighted by molar-refractivity contribution is -0.0125. The summed E-state index contributed by atoms with van der Waals surface area (Å²) in [5.41, 5.74) is 0. The predicted molar refractivity (Wildman–Crippen MR) is 31.0 cm³/mol. The van der Waals surface area contributed by atoms with Gasteiger partial charge in [-0.25, -0.2) is 4.39 Å². The first-order chi connectivity index (χ1) is 4.34. The maximum atomic E-state index is 11.7. The molecule has 0 aliphatic carbocycles. The molecule has 1 rings (SSSR count). The minimum atomic E-state index is -0.896. The van der Waals surface area contributed by atoms with Crippen molar-refractivity contribution in [1.29, 1.82) is 0 Å². The zero-order chi connectivity index (χ0) is 6.69. The first-order valence-electron chi connectivity index (χ1n) is 3.20. The highest BCUT2D eigenvalue weighted by Crippen LogP contribution is 2.15. The minimum Gasteiger partial charge on any atom is -0.388 e. The maximum Gasteiger partial charge on any atom is 0.118 e. The van der Waals surface area contributed by atoms with Crippen molar-refractivity contribution in [3.05, 3.63) is 0 Å². The number of hydrogen-bond acceptors (Lipinski definition) is 2. The van der Waals surface area contributed by atoms with Crippen LogP contribution in [0, 0.1) is 0 Å². The predicted octanol–water partition coefficient (Wildman–Crippen LogP) is 0.496. The van der Waals surface area contributed by atoms with E-state index < -0.39 is 12.8 Å². The lowest BCUT2D eigenvalue weighted by atomic mass is 10.1. The van der Waals surface area contributed by atoms with E-state index in [2.05, 4.69) is 0 Å². The molecule has 1 saturated heterocycles. The van der Waals surface area contributed by atoms with Crippen LogP contribution in [0.1, 0.15) is 12.8 Å². The number of hydrogen-bond donors (Lipinski definition) is 1. The van der Waals surface area contributed by atoms with E-state index in [4.69, 9.17) is 9.84 Å². The Hall–Kier alpha value is -0.150. The summed E-state index contributed by atoms with van der Waals surface area (Å²) in [7, 11) is 0. The summed E-state index contributed by atoms with van der Waals surface area (Å²) in [5, 5.41) is 8.86. The highest BCUT2D eigenvalue weighted by Gasteiger charge is 2.23. The molecular formula is C6H11FO2. The molecule has 1 heterocycles. The Morgan fingerprint density at radius 2 is 2.56 bits per heavy atom. The van der Waals surface area contributed by atoms with Gasteiger partial charge in [-0.3, -0.25) is 0 Å². The van der Waals surface area contributed by atoms with Crippen LogP contribution >= 0.6 is 0 Å². The van der Waals surface area contributed by atoms with Gasteiger partial charge in [0.1, 0.15) is 12.8 Å². The van der Waals surface area contributed by atoms with Gasteiger partial charge in [-0.1, -0.05) is 0 Å². The Morgan fingerprint density at radius 3 is 3.00 bits per heavy atom. The molecule has 0 radical (unpaired) electrons.